The predicted octanol–water partition coefficient (Wildman–Crippen LogP) is 1.75. The molecule has 0 bridgehead atoms. The monoisotopic (exact) mass is 298 g/mol. The summed E-state index contributed by atoms with van der Waals surface area (Å²) in [5, 5.41) is 0.251. The number of hydrogen-bond acceptors (Lipinski definition) is 5. The summed E-state index contributed by atoms with van der Waals surface area (Å²) in [6.45, 7) is 0. The summed E-state index contributed by atoms with van der Waals surface area (Å²) in [5.41, 5.74) is 7.32. The van der Waals surface area contributed by atoms with E-state index in [1.807, 2.05) is 0 Å². The first-order chi connectivity index (χ1) is 8.83. The van der Waals surface area contributed by atoms with E-state index in [1.54, 1.807) is 30.3 Å². The fourth-order valence-corrected chi connectivity index (χ4v) is 2.26. The van der Waals surface area contributed by atoms with Crippen LogP contribution < -0.4 is 10.5 Å². The van der Waals surface area contributed by atoms with E-state index in [-0.39, 0.29) is 11.1 Å². The van der Waals surface area contributed by atoms with Crippen molar-refractivity contribution < 1.29 is 8.42 Å². The maximum Gasteiger partial charge on any atom is 0.229 e. The van der Waals surface area contributed by atoms with Gasteiger partial charge in [-0.1, -0.05) is 23.7 Å². The molecule has 3 N–H and O–H groups in total. The minimum Gasteiger partial charge on any atom is -0.368 e. The summed E-state index contributed by atoms with van der Waals surface area (Å²) < 4.78 is 24.5. The van der Waals surface area contributed by atoms with Gasteiger partial charge < -0.3 is 5.73 Å². The van der Waals surface area contributed by atoms with Crippen molar-refractivity contribution in [3.8, 4) is 11.3 Å². The molecule has 100 valence electrons. The molecular weight excluding hydrogens is 288 g/mol. The largest absolute Gasteiger partial charge is 0.368 e. The van der Waals surface area contributed by atoms with E-state index in [0.717, 1.165) is 11.8 Å². The zero-order valence-electron chi connectivity index (χ0n) is 9.96. The van der Waals surface area contributed by atoms with Gasteiger partial charge in [-0.2, -0.15) is 0 Å². The molecule has 0 amide bonds. The van der Waals surface area contributed by atoms with Crippen LogP contribution >= 0.6 is 11.6 Å². The van der Waals surface area contributed by atoms with Crippen molar-refractivity contribution in [2.45, 2.75) is 0 Å². The van der Waals surface area contributed by atoms with Crippen molar-refractivity contribution in [3.05, 3.63) is 35.5 Å². The Balaban J connectivity index is 2.32. The van der Waals surface area contributed by atoms with Gasteiger partial charge in [-0.05, 0) is 12.1 Å². The number of benzene rings is 1. The van der Waals surface area contributed by atoms with E-state index in [1.165, 1.54) is 0 Å². The second kappa shape index (κ2) is 5.02. The van der Waals surface area contributed by atoms with Crippen LogP contribution in [0.25, 0.3) is 11.3 Å². The molecule has 0 spiro atoms. The van der Waals surface area contributed by atoms with Gasteiger partial charge in [0.2, 0.25) is 16.0 Å². The molecule has 0 fully saturated rings. The van der Waals surface area contributed by atoms with Gasteiger partial charge in [0.1, 0.15) is 5.15 Å². The number of nitrogens with zero attached hydrogens (tertiary/aromatic N) is 2. The van der Waals surface area contributed by atoms with Gasteiger partial charge in [0, 0.05) is 17.3 Å². The van der Waals surface area contributed by atoms with Gasteiger partial charge in [0.05, 0.1) is 11.9 Å². The van der Waals surface area contributed by atoms with Crippen LogP contribution in [-0.2, 0) is 10.0 Å². The van der Waals surface area contributed by atoms with Crippen molar-refractivity contribution in [1.82, 2.24) is 9.97 Å². The van der Waals surface area contributed by atoms with Crippen LogP contribution in [0, 0.1) is 0 Å². The summed E-state index contributed by atoms with van der Waals surface area (Å²) in [6.07, 6.45) is 1.09. The van der Waals surface area contributed by atoms with E-state index in [0.29, 0.717) is 11.4 Å². The Morgan fingerprint density at radius 2 is 1.84 bits per heavy atom. The second-order valence-electron chi connectivity index (χ2n) is 3.89. The van der Waals surface area contributed by atoms with Gasteiger partial charge in [-0.15, -0.1) is 0 Å². The number of anilines is 2. The number of hydrogen-bond donors (Lipinski definition) is 2. The Morgan fingerprint density at radius 3 is 2.37 bits per heavy atom. The molecule has 19 heavy (non-hydrogen) atoms. The Kier molecular flexibility index (Phi) is 3.59. The molecule has 1 aromatic carbocycles. The Hall–Kier alpha value is -1.86. The van der Waals surface area contributed by atoms with Crippen LogP contribution in [0.1, 0.15) is 0 Å². The molecule has 0 unspecified atom stereocenters. The molecule has 0 aliphatic rings. The Labute approximate surface area is 115 Å². The lowest BCUT2D eigenvalue weighted by Gasteiger charge is -2.06. The minimum absolute atomic E-state index is 0.0841. The molecular formula is C11H11ClN4O2S. The lowest BCUT2D eigenvalue weighted by Crippen LogP contribution is -2.09. The lowest BCUT2D eigenvalue weighted by molar-refractivity contribution is 0.607. The van der Waals surface area contributed by atoms with Crippen molar-refractivity contribution in [1.29, 1.82) is 0 Å². The quantitative estimate of drug-likeness (QED) is 0.841. The third-order valence-corrected chi connectivity index (χ3v) is 3.00. The maximum atomic E-state index is 11.1. The van der Waals surface area contributed by atoms with Gasteiger partial charge >= 0.3 is 0 Å². The number of nitrogens with one attached hydrogen (secondary N) is 1. The highest BCUT2D eigenvalue weighted by atomic mass is 35.5. The molecule has 0 radical (unpaired) electrons. The number of rotatable bonds is 3. The van der Waals surface area contributed by atoms with Gasteiger partial charge in [0.25, 0.3) is 0 Å². The van der Waals surface area contributed by atoms with Crippen molar-refractivity contribution in [2.24, 2.45) is 0 Å². The normalized spacial score (nSPS) is 11.3. The standard InChI is InChI=1S/C11H11ClN4O2S/c1-19(17,18)16-8-4-2-7(3-5-8)9-6-10(12)15-11(13)14-9/h2-6,16H,1H3,(H2,13,14,15). The first-order valence-electron chi connectivity index (χ1n) is 5.22. The van der Waals surface area contributed by atoms with Crippen LogP contribution in [0.4, 0.5) is 11.6 Å². The van der Waals surface area contributed by atoms with Crippen molar-refractivity contribution >= 4 is 33.3 Å². The van der Waals surface area contributed by atoms with Gasteiger partial charge in [0.15, 0.2) is 0 Å². The van der Waals surface area contributed by atoms with E-state index >= 15 is 0 Å². The molecule has 8 heteroatoms. The summed E-state index contributed by atoms with van der Waals surface area (Å²) in [5.74, 6) is 0.0841. The third-order valence-electron chi connectivity index (χ3n) is 2.20. The maximum absolute atomic E-state index is 11.1. The number of halogens is 1. The lowest BCUT2D eigenvalue weighted by atomic mass is 10.1. The zero-order chi connectivity index (χ0) is 14.0. The van der Waals surface area contributed by atoms with Crippen LogP contribution in [0.3, 0.4) is 0 Å². The summed E-state index contributed by atoms with van der Waals surface area (Å²) >= 11 is 5.80. The number of nitrogen functional groups attached to an aromatic ring is 1. The van der Waals surface area contributed by atoms with Crippen LogP contribution in [0.15, 0.2) is 30.3 Å². The van der Waals surface area contributed by atoms with Crippen LogP contribution in [-0.4, -0.2) is 24.6 Å². The summed E-state index contributed by atoms with van der Waals surface area (Å²) in [7, 11) is -3.28. The number of aromatic nitrogens is 2. The topological polar surface area (TPSA) is 98.0 Å². The molecule has 0 aliphatic heterocycles. The summed E-state index contributed by atoms with van der Waals surface area (Å²) in [6, 6.07) is 8.26. The molecule has 0 saturated carbocycles. The first kappa shape index (κ1) is 13.6. The van der Waals surface area contributed by atoms with Crippen molar-refractivity contribution in [3.63, 3.8) is 0 Å². The highest BCUT2D eigenvalue weighted by molar-refractivity contribution is 7.92. The molecule has 0 saturated heterocycles. The van der Waals surface area contributed by atoms with Crippen LogP contribution in [0.2, 0.25) is 5.15 Å². The Bertz CT molecular complexity index is 681. The highest BCUT2D eigenvalue weighted by Gasteiger charge is 2.05. The molecule has 2 aromatic rings. The SMILES string of the molecule is CS(=O)(=O)Nc1ccc(-c2cc(Cl)nc(N)n2)cc1. The predicted molar refractivity (Wildman–Crippen MR) is 75.4 cm³/mol. The molecule has 2 rings (SSSR count). The average Bonchev–Trinajstić information content (AvgIpc) is 2.26. The van der Waals surface area contributed by atoms with Gasteiger partial charge in [-0.3, -0.25) is 4.72 Å². The smallest absolute Gasteiger partial charge is 0.229 e. The van der Waals surface area contributed by atoms with Crippen LogP contribution in [0.5, 0.6) is 0 Å². The minimum atomic E-state index is -3.28. The third kappa shape index (κ3) is 3.80. The summed E-state index contributed by atoms with van der Waals surface area (Å²) in [4.78, 5) is 7.82. The molecule has 1 aromatic heterocycles. The van der Waals surface area contributed by atoms with E-state index < -0.39 is 10.0 Å². The fraction of sp³-hybridized carbons (Fsp3) is 0.0909. The molecule has 1 heterocycles. The van der Waals surface area contributed by atoms with Gasteiger partial charge in [-0.25, -0.2) is 18.4 Å². The highest BCUT2D eigenvalue weighted by Crippen LogP contribution is 2.22. The second-order valence-corrected chi connectivity index (χ2v) is 6.02. The number of nitrogens with two attached hydrogens (primary N) is 1. The first-order valence-corrected chi connectivity index (χ1v) is 7.49. The fourth-order valence-electron chi connectivity index (χ4n) is 1.51. The molecule has 0 atom stereocenters. The van der Waals surface area contributed by atoms with Crippen molar-refractivity contribution in [2.75, 3.05) is 16.7 Å². The van der Waals surface area contributed by atoms with E-state index in [2.05, 4.69) is 14.7 Å². The van der Waals surface area contributed by atoms with E-state index in [4.69, 9.17) is 17.3 Å². The molecule has 0 aliphatic carbocycles. The van der Waals surface area contributed by atoms with E-state index in [9.17, 15) is 8.42 Å². The Morgan fingerprint density at radius 1 is 1.21 bits per heavy atom. The zero-order valence-corrected chi connectivity index (χ0v) is 11.5. The molecule has 6 nitrogen and oxygen atoms in total. The number of sulfonamides is 1. The average molecular weight is 299 g/mol.